The first-order valence-corrected chi connectivity index (χ1v) is 7.30. The lowest BCUT2D eigenvalue weighted by Crippen LogP contribution is -2.45. The first-order chi connectivity index (χ1) is 9.67. The number of para-hydroxylation sites is 1. The second kappa shape index (κ2) is 7.04. The normalized spacial score (nSPS) is 25.6. The lowest BCUT2D eigenvalue weighted by Gasteiger charge is -2.32. The predicted octanol–water partition coefficient (Wildman–Crippen LogP) is 3.16. The van der Waals surface area contributed by atoms with Crippen LogP contribution in [-0.2, 0) is 9.53 Å². The number of methoxy groups -OCH3 is 1. The molecule has 0 N–H and O–H groups in total. The van der Waals surface area contributed by atoms with Gasteiger partial charge in [-0.05, 0) is 12.1 Å². The minimum absolute atomic E-state index is 0.0904. The van der Waals surface area contributed by atoms with Crippen LogP contribution in [0.25, 0.3) is 0 Å². The number of halogens is 2. The fourth-order valence-electron chi connectivity index (χ4n) is 2.75. The molecule has 0 aliphatic heterocycles. The van der Waals surface area contributed by atoms with Crippen LogP contribution in [0.4, 0.5) is 10.1 Å². The number of alkyl halides is 2. The van der Waals surface area contributed by atoms with Crippen molar-refractivity contribution >= 4 is 23.2 Å². The van der Waals surface area contributed by atoms with Crippen molar-refractivity contribution < 1.29 is 13.9 Å². The Morgan fingerprint density at radius 3 is 2.70 bits per heavy atom. The molecule has 3 nitrogen and oxygen atoms in total. The van der Waals surface area contributed by atoms with Crippen molar-refractivity contribution in [3.8, 4) is 0 Å². The second-order valence-electron chi connectivity index (χ2n) is 4.95. The number of rotatable bonds is 5. The SMILES string of the molecule is COC1CC(F)CC1N(C(=O)CCCl)c1ccccc1. The molecular weight excluding hydrogens is 281 g/mol. The number of hydrogen-bond donors (Lipinski definition) is 0. The van der Waals surface area contributed by atoms with Crippen LogP contribution in [0.15, 0.2) is 30.3 Å². The Balaban J connectivity index is 2.29. The fraction of sp³-hybridized carbons (Fsp3) is 0.533. The highest BCUT2D eigenvalue weighted by atomic mass is 35.5. The second-order valence-corrected chi connectivity index (χ2v) is 5.33. The van der Waals surface area contributed by atoms with Gasteiger partial charge in [0.2, 0.25) is 5.91 Å². The summed E-state index contributed by atoms with van der Waals surface area (Å²) in [5.74, 6) is 0.165. The third-order valence-corrected chi connectivity index (χ3v) is 3.85. The van der Waals surface area contributed by atoms with Crippen LogP contribution in [0.5, 0.6) is 0 Å². The molecule has 1 aliphatic carbocycles. The number of benzene rings is 1. The number of ether oxygens (including phenoxy) is 1. The van der Waals surface area contributed by atoms with E-state index in [-0.39, 0.29) is 30.4 Å². The molecule has 1 saturated carbocycles. The van der Waals surface area contributed by atoms with E-state index in [1.165, 1.54) is 0 Å². The van der Waals surface area contributed by atoms with Crippen LogP contribution >= 0.6 is 11.6 Å². The molecule has 1 aromatic carbocycles. The lowest BCUT2D eigenvalue weighted by atomic mass is 10.1. The van der Waals surface area contributed by atoms with E-state index in [9.17, 15) is 9.18 Å². The molecule has 0 saturated heterocycles. The number of nitrogens with zero attached hydrogens (tertiary/aromatic N) is 1. The van der Waals surface area contributed by atoms with Crippen molar-refractivity contribution in [1.82, 2.24) is 0 Å². The fourth-order valence-corrected chi connectivity index (χ4v) is 2.92. The first kappa shape index (κ1) is 15.3. The molecule has 3 unspecified atom stereocenters. The van der Waals surface area contributed by atoms with Crippen molar-refractivity contribution in [2.24, 2.45) is 0 Å². The van der Waals surface area contributed by atoms with Crippen molar-refractivity contribution in [3.05, 3.63) is 30.3 Å². The van der Waals surface area contributed by atoms with Crippen LogP contribution in [-0.4, -0.2) is 37.2 Å². The topological polar surface area (TPSA) is 29.5 Å². The summed E-state index contributed by atoms with van der Waals surface area (Å²) in [4.78, 5) is 14.0. The summed E-state index contributed by atoms with van der Waals surface area (Å²) in [6.07, 6.45) is -0.329. The molecule has 1 aromatic rings. The highest BCUT2D eigenvalue weighted by Gasteiger charge is 2.40. The van der Waals surface area contributed by atoms with Crippen LogP contribution in [0.2, 0.25) is 0 Å². The standard InChI is InChI=1S/C15H19ClFNO2/c1-20-14-10-11(17)9-13(14)18(15(19)7-8-16)12-5-3-2-4-6-12/h2-6,11,13-14H,7-10H2,1H3. The molecule has 1 amide bonds. The van der Waals surface area contributed by atoms with Gasteiger partial charge in [-0.3, -0.25) is 4.79 Å². The van der Waals surface area contributed by atoms with E-state index < -0.39 is 6.17 Å². The highest BCUT2D eigenvalue weighted by molar-refractivity contribution is 6.19. The molecule has 1 fully saturated rings. The van der Waals surface area contributed by atoms with Crippen LogP contribution in [0, 0.1) is 0 Å². The average molecular weight is 300 g/mol. The van der Waals surface area contributed by atoms with Gasteiger partial charge in [0.1, 0.15) is 6.17 Å². The van der Waals surface area contributed by atoms with E-state index in [0.717, 1.165) is 5.69 Å². The number of amides is 1. The largest absolute Gasteiger partial charge is 0.379 e. The first-order valence-electron chi connectivity index (χ1n) is 6.77. The molecule has 1 aliphatic rings. The summed E-state index contributed by atoms with van der Waals surface area (Å²) in [5.41, 5.74) is 0.767. The molecule has 0 bridgehead atoms. The zero-order valence-electron chi connectivity index (χ0n) is 11.5. The van der Waals surface area contributed by atoms with Crippen molar-refractivity contribution in [2.75, 3.05) is 17.9 Å². The van der Waals surface area contributed by atoms with E-state index >= 15 is 0 Å². The summed E-state index contributed by atoms with van der Waals surface area (Å²) < 4.78 is 19.1. The quantitative estimate of drug-likeness (QED) is 0.782. The molecule has 0 aromatic heterocycles. The van der Waals surface area contributed by atoms with Gasteiger partial charge in [-0.2, -0.15) is 0 Å². The minimum Gasteiger partial charge on any atom is -0.379 e. The molecule has 2 rings (SSSR count). The average Bonchev–Trinajstić information content (AvgIpc) is 2.81. The molecule has 20 heavy (non-hydrogen) atoms. The lowest BCUT2D eigenvalue weighted by molar-refractivity contribution is -0.119. The van der Waals surface area contributed by atoms with Gasteiger partial charge < -0.3 is 9.64 Å². The Kier molecular flexibility index (Phi) is 5.38. The zero-order chi connectivity index (χ0) is 14.5. The highest BCUT2D eigenvalue weighted by Crippen LogP contribution is 2.32. The Morgan fingerprint density at radius 2 is 2.10 bits per heavy atom. The molecule has 110 valence electrons. The van der Waals surface area contributed by atoms with Gasteiger partial charge in [0.15, 0.2) is 0 Å². The molecule has 0 spiro atoms. The van der Waals surface area contributed by atoms with Crippen LogP contribution in [0.3, 0.4) is 0 Å². The predicted molar refractivity (Wildman–Crippen MR) is 78.0 cm³/mol. The molecule has 5 heteroatoms. The Bertz CT molecular complexity index is 443. The van der Waals surface area contributed by atoms with Crippen LogP contribution in [0.1, 0.15) is 19.3 Å². The van der Waals surface area contributed by atoms with Gasteiger partial charge in [-0.1, -0.05) is 18.2 Å². The zero-order valence-corrected chi connectivity index (χ0v) is 12.2. The van der Waals surface area contributed by atoms with Gasteiger partial charge >= 0.3 is 0 Å². The van der Waals surface area contributed by atoms with E-state index in [1.807, 2.05) is 30.3 Å². The van der Waals surface area contributed by atoms with Gasteiger partial charge in [-0.25, -0.2) is 4.39 Å². The molecule has 0 radical (unpaired) electrons. The maximum Gasteiger partial charge on any atom is 0.228 e. The van der Waals surface area contributed by atoms with Gasteiger partial charge in [-0.15, -0.1) is 11.6 Å². The summed E-state index contributed by atoms with van der Waals surface area (Å²) in [6, 6.07) is 9.04. The number of hydrogen-bond acceptors (Lipinski definition) is 2. The Morgan fingerprint density at radius 1 is 1.40 bits per heavy atom. The summed E-state index contributed by atoms with van der Waals surface area (Å²) in [7, 11) is 1.56. The third-order valence-electron chi connectivity index (χ3n) is 3.66. The molecule has 0 heterocycles. The monoisotopic (exact) mass is 299 g/mol. The summed E-state index contributed by atoms with van der Waals surface area (Å²) in [5, 5.41) is 0. The van der Waals surface area contributed by atoms with E-state index in [1.54, 1.807) is 12.0 Å². The third kappa shape index (κ3) is 3.30. The minimum atomic E-state index is -0.931. The molecule has 3 atom stereocenters. The van der Waals surface area contributed by atoms with E-state index in [0.29, 0.717) is 12.8 Å². The Hall–Kier alpha value is -1.13. The van der Waals surface area contributed by atoms with Gasteiger partial charge in [0.05, 0.1) is 12.1 Å². The molecular formula is C15H19ClFNO2. The van der Waals surface area contributed by atoms with Crippen molar-refractivity contribution in [1.29, 1.82) is 0 Å². The van der Waals surface area contributed by atoms with E-state index in [2.05, 4.69) is 0 Å². The summed E-state index contributed by atoms with van der Waals surface area (Å²) in [6.45, 7) is 0. The number of anilines is 1. The van der Waals surface area contributed by atoms with E-state index in [4.69, 9.17) is 16.3 Å². The Labute approximate surface area is 123 Å². The van der Waals surface area contributed by atoms with Crippen molar-refractivity contribution in [2.45, 2.75) is 37.6 Å². The smallest absolute Gasteiger partial charge is 0.228 e. The maximum atomic E-state index is 13.7. The number of carbonyl (C=O) groups is 1. The van der Waals surface area contributed by atoms with Gasteiger partial charge in [0, 0.05) is 37.9 Å². The van der Waals surface area contributed by atoms with Crippen LogP contribution < -0.4 is 4.90 Å². The number of carbonyl (C=O) groups excluding carboxylic acids is 1. The van der Waals surface area contributed by atoms with Gasteiger partial charge in [0.25, 0.3) is 0 Å². The summed E-state index contributed by atoms with van der Waals surface area (Å²) >= 11 is 5.68. The maximum absolute atomic E-state index is 13.7. The van der Waals surface area contributed by atoms with Crippen molar-refractivity contribution in [3.63, 3.8) is 0 Å².